The number of nitrogens with two attached hydrogens (primary N) is 1. The number of amides is 2. The van der Waals surface area contributed by atoms with Gasteiger partial charge in [-0.25, -0.2) is 4.98 Å². The minimum Gasteiger partial charge on any atom is -0.383 e. The number of halogens is 1. The summed E-state index contributed by atoms with van der Waals surface area (Å²) in [7, 11) is 0. The number of hydrogen-bond acceptors (Lipinski definition) is 4. The van der Waals surface area contributed by atoms with E-state index < -0.39 is 24.0 Å². The van der Waals surface area contributed by atoms with Crippen molar-refractivity contribution in [1.29, 1.82) is 0 Å². The Labute approximate surface area is 128 Å². The quantitative estimate of drug-likeness (QED) is 0.643. The van der Waals surface area contributed by atoms with E-state index in [1.165, 1.54) is 6.20 Å². The molecule has 0 bridgehead atoms. The number of aliphatic hydroxyl groups is 1. The third-order valence-corrected chi connectivity index (χ3v) is 3.11. The number of primary amides is 1. The van der Waals surface area contributed by atoms with E-state index in [1.54, 1.807) is 12.1 Å². The number of hydrogen-bond donors (Lipinski definition) is 3. The van der Waals surface area contributed by atoms with Crippen molar-refractivity contribution < 1.29 is 14.7 Å². The molecule has 0 aliphatic rings. The summed E-state index contributed by atoms with van der Waals surface area (Å²) in [6.07, 6.45) is 0.865. The lowest BCUT2D eigenvalue weighted by molar-refractivity contribution is -0.133. The first kappa shape index (κ1) is 17.4. The minimum atomic E-state index is -1.16. The van der Waals surface area contributed by atoms with Crippen LogP contribution in [0.15, 0.2) is 18.3 Å². The van der Waals surface area contributed by atoms with E-state index in [-0.39, 0.29) is 12.3 Å². The van der Waals surface area contributed by atoms with Gasteiger partial charge in [-0.15, -0.1) is 0 Å². The molecule has 4 N–H and O–H groups in total. The molecule has 2 atom stereocenters. The zero-order chi connectivity index (χ0) is 16.0. The summed E-state index contributed by atoms with van der Waals surface area (Å²) in [5.41, 5.74) is 5.99. The second-order valence-electron chi connectivity index (χ2n) is 5.30. The summed E-state index contributed by atoms with van der Waals surface area (Å²) in [4.78, 5) is 27.2. The number of aliphatic hydroxyl groups excluding tert-OH is 1. The van der Waals surface area contributed by atoms with Crippen molar-refractivity contribution in [3.05, 3.63) is 29.0 Å². The fourth-order valence-electron chi connectivity index (χ4n) is 1.81. The molecule has 0 aromatic carbocycles. The maximum atomic E-state index is 11.8. The molecule has 7 heteroatoms. The lowest BCUT2D eigenvalue weighted by atomic mass is 10.0. The van der Waals surface area contributed by atoms with Gasteiger partial charge in [0.25, 0.3) is 0 Å². The van der Waals surface area contributed by atoms with Crippen LogP contribution in [0.5, 0.6) is 0 Å². The molecule has 1 aromatic rings. The zero-order valence-electron chi connectivity index (χ0n) is 12.0. The van der Waals surface area contributed by atoms with E-state index in [0.717, 1.165) is 0 Å². The molecule has 1 rings (SSSR count). The van der Waals surface area contributed by atoms with Crippen molar-refractivity contribution in [3.63, 3.8) is 0 Å². The first-order chi connectivity index (χ1) is 9.79. The number of carbonyl (C=O) groups is 2. The van der Waals surface area contributed by atoms with Gasteiger partial charge in [-0.05, 0) is 24.0 Å². The normalized spacial score (nSPS) is 13.8. The van der Waals surface area contributed by atoms with Gasteiger partial charge in [0.05, 0.1) is 0 Å². The second kappa shape index (κ2) is 7.95. The molecular formula is C14H20ClN3O3. The summed E-state index contributed by atoms with van der Waals surface area (Å²) in [5.74, 6) is -1.11. The Morgan fingerprint density at radius 3 is 2.57 bits per heavy atom. The fraction of sp³-hybridized carbons (Fsp3) is 0.500. The number of aromatic nitrogens is 1. The molecule has 6 nitrogen and oxygen atoms in total. The first-order valence-electron chi connectivity index (χ1n) is 6.67. The number of nitrogens with one attached hydrogen (secondary N) is 1. The molecule has 0 saturated heterocycles. The molecule has 0 fully saturated rings. The third-order valence-electron chi connectivity index (χ3n) is 2.89. The summed E-state index contributed by atoms with van der Waals surface area (Å²) < 4.78 is 0. The van der Waals surface area contributed by atoms with Gasteiger partial charge in [0.2, 0.25) is 11.8 Å². The average Bonchev–Trinajstić information content (AvgIpc) is 2.39. The van der Waals surface area contributed by atoms with Crippen molar-refractivity contribution in [2.24, 2.45) is 11.7 Å². The van der Waals surface area contributed by atoms with E-state index in [0.29, 0.717) is 17.1 Å². The summed E-state index contributed by atoms with van der Waals surface area (Å²) in [6, 6.07) is 2.38. The van der Waals surface area contributed by atoms with Gasteiger partial charge in [-0.3, -0.25) is 9.59 Å². The predicted octanol–water partition coefficient (Wildman–Crippen LogP) is 0.655. The van der Waals surface area contributed by atoms with Crippen LogP contribution in [0, 0.1) is 5.92 Å². The molecule has 0 radical (unpaired) electrons. The highest BCUT2D eigenvalue weighted by atomic mass is 35.5. The Morgan fingerprint density at radius 2 is 2.10 bits per heavy atom. The third kappa shape index (κ3) is 6.10. The maximum Gasteiger partial charge on any atom is 0.249 e. The van der Waals surface area contributed by atoms with E-state index >= 15 is 0 Å². The molecular weight excluding hydrogens is 294 g/mol. The van der Waals surface area contributed by atoms with Crippen LogP contribution in [0.25, 0.3) is 0 Å². The number of carbonyl (C=O) groups excluding carboxylic acids is 2. The van der Waals surface area contributed by atoms with Crippen molar-refractivity contribution in [2.45, 2.75) is 38.8 Å². The second-order valence-corrected chi connectivity index (χ2v) is 5.69. The highest BCUT2D eigenvalue weighted by Crippen LogP contribution is 2.09. The summed E-state index contributed by atoms with van der Waals surface area (Å²) in [5, 5.41) is 12.5. The van der Waals surface area contributed by atoms with E-state index in [4.69, 9.17) is 17.3 Å². The van der Waals surface area contributed by atoms with E-state index in [9.17, 15) is 14.7 Å². The molecule has 1 heterocycles. The smallest absolute Gasteiger partial charge is 0.249 e. The van der Waals surface area contributed by atoms with Crippen LogP contribution in [0.2, 0.25) is 5.15 Å². The minimum absolute atomic E-state index is 0.165. The number of rotatable bonds is 7. The van der Waals surface area contributed by atoms with Crippen molar-refractivity contribution in [2.75, 3.05) is 0 Å². The molecule has 0 aliphatic carbocycles. The topological polar surface area (TPSA) is 105 Å². The standard InChI is InChI=1S/C14H20ClN3O3/c1-8(2)5-11(19)14(21)18-10(13(16)20)6-9-3-4-12(15)17-7-9/h3-4,7-8,10-11,19H,5-6H2,1-2H3,(H2,16,20)(H,18,21)/t10-,11-/m0/s1. The van der Waals surface area contributed by atoms with Crippen molar-refractivity contribution in [1.82, 2.24) is 10.3 Å². The Balaban J connectivity index is 2.67. The van der Waals surface area contributed by atoms with Crippen LogP contribution in [-0.2, 0) is 16.0 Å². The number of pyridine rings is 1. The monoisotopic (exact) mass is 313 g/mol. The SMILES string of the molecule is CC(C)C[C@H](O)C(=O)N[C@@H](Cc1ccc(Cl)nc1)C(N)=O. The fourth-order valence-corrected chi connectivity index (χ4v) is 1.92. The van der Waals surface area contributed by atoms with Gasteiger partial charge in [-0.1, -0.05) is 31.5 Å². The largest absolute Gasteiger partial charge is 0.383 e. The molecule has 116 valence electrons. The van der Waals surface area contributed by atoms with Gasteiger partial charge in [0, 0.05) is 12.6 Å². The van der Waals surface area contributed by atoms with Crippen LogP contribution in [-0.4, -0.2) is 34.1 Å². The van der Waals surface area contributed by atoms with Gasteiger partial charge >= 0.3 is 0 Å². The highest BCUT2D eigenvalue weighted by molar-refractivity contribution is 6.29. The maximum absolute atomic E-state index is 11.8. The number of nitrogens with zero attached hydrogens (tertiary/aromatic N) is 1. The molecule has 0 spiro atoms. The van der Waals surface area contributed by atoms with Gasteiger partial charge in [0.1, 0.15) is 17.3 Å². The van der Waals surface area contributed by atoms with Gasteiger partial charge in [-0.2, -0.15) is 0 Å². The van der Waals surface area contributed by atoms with E-state index in [2.05, 4.69) is 10.3 Å². The van der Waals surface area contributed by atoms with Crippen LogP contribution in [0.3, 0.4) is 0 Å². The van der Waals surface area contributed by atoms with Crippen LogP contribution in [0.1, 0.15) is 25.8 Å². The zero-order valence-corrected chi connectivity index (χ0v) is 12.8. The average molecular weight is 314 g/mol. The predicted molar refractivity (Wildman–Crippen MR) is 79.5 cm³/mol. The van der Waals surface area contributed by atoms with Crippen LogP contribution in [0.4, 0.5) is 0 Å². The molecule has 21 heavy (non-hydrogen) atoms. The molecule has 2 amide bonds. The van der Waals surface area contributed by atoms with Gasteiger partial charge in [0.15, 0.2) is 0 Å². The lowest BCUT2D eigenvalue weighted by Gasteiger charge is -2.19. The van der Waals surface area contributed by atoms with Gasteiger partial charge < -0.3 is 16.2 Å². The first-order valence-corrected chi connectivity index (χ1v) is 7.05. The lowest BCUT2D eigenvalue weighted by Crippen LogP contribution is -2.49. The molecule has 0 unspecified atom stereocenters. The molecule has 0 saturated carbocycles. The van der Waals surface area contributed by atoms with Crippen LogP contribution < -0.4 is 11.1 Å². The Hall–Kier alpha value is -1.66. The summed E-state index contributed by atoms with van der Waals surface area (Å²) >= 11 is 5.68. The Bertz CT molecular complexity index is 491. The molecule has 1 aromatic heterocycles. The van der Waals surface area contributed by atoms with Crippen molar-refractivity contribution in [3.8, 4) is 0 Å². The molecule has 0 aliphatic heterocycles. The highest BCUT2D eigenvalue weighted by Gasteiger charge is 2.23. The van der Waals surface area contributed by atoms with Crippen molar-refractivity contribution >= 4 is 23.4 Å². The summed E-state index contributed by atoms with van der Waals surface area (Å²) in [6.45, 7) is 3.78. The van der Waals surface area contributed by atoms with Crippen LogP contribution >= 0.6 is 11.6 Å². The van der Waals surface area contributed by atoms with E-state index in [1.807, 2.05) is 13.8 Å². The Kier molecular flexibility index (Phi) is 6.58. The Morgan fingerprint density at radius 1 is 1.43 bits per heavy atom.